The molecular weight excluding hydrogens is 262 g/mol. The zero-order valence-corrected chi connectivity index (χ0v) is 12.3. The molecule has 108 valence electrons. The Morgan fingerprint density at radius 2 is 1.75 bits per heavy atom. The van der Waals surface area contributed by atoms with Crippen LogP contribution >= 0.6 is 0 Å². The van der Waals surface area contributed by atoms with Gasteiger partial charge in [0.1, 0.15) is 11.6 Å². The molecule has 1 aliphatic heterocycles. The minimum absolute atomic E-state index is 0.104. The monoisotopic (exact) mass is 280 g/mol. The first-order valence-electron chi connectivity index (χ1n) is 6.40. The number of methoxy groups -OCH3 is 1. The van der Waals surface area contributed by atoms with Crippen molar-refractivity contribution in [2.45, 2.75) is 38.9 Å². The number of carbonyl (C=O) groups is 1. The molecule has 0 bridgehead atoms. The van der Waals surface area contributed by atoms with Crippen LogP contribution in [0.4, 0.5) is 4.39 Å². The van der Waals surface area contributed by atoms with E-state index in [2.05, 4.69) is 0 Å². The first kappa shape index (κ1) is 15.0. The highest BCUT2D eigenvalue weighted by molar-refractivity contribution is 6.62. The molecule has 1 aromatic carbocycles. The number of ether oxygens (including phenoxy) is 1. The highest BCUT2D eigenvalue weighted by atomic mass is 19.1. The second-order valence-electron chi connectivity index (χ2n) is 5.82. The summed E-state index contributed by atoms with van der Waals surface area (Å²) >= 11 is 0. The van der Waals surface area contributed by atoms with Crippen LogP contribution in [0.15, 0.2) is 12.1 Å². The molecule has 1 fully saturated rings. The standard InChI is InChI=1S/C14H18BFO4/c1-13(2)14(3,4)20-15(19-13)9-6-11(16)10(8-17)12(7-9)18-5/h6-8H,1-5H3. The minimum Gasteiger partial charge on any atom is -0.496 e. The molecule has 0 aliphatic carbocycles. The van der Waals surface area contributed by atoms with Crippen LogP contribution < -0.4 is 10.2 Å². The summed E-state index contributed by atoms with van der Waals surface area (Å²) in [5, 5.41) is 0. The second kappa shape index (κ2) is 4.86. The van der Waals surface area contributed by atoms with Crippen molar-refractivity contribution >= 4 is 18.9 Å². The van der Waals surface area contributed by atoms with Gasteiger partial charge in [-0.05, 0) is 45.3 Å². The molecule has 1 saturated heterocycles. The van der Waals surface area contributed by atoms with E-state index in [-0.39, 0.29) is 11.3 Å². The Morgan fingerprint density at radius 1 is 1.20 bits per heavy atom. The lowest BCUT2D eigenvalue weighted by Gasteiger charge is -2.32. The van der Waals surface area contributed by atoms with Gasteiger partial charge in [0.05, 0.1) is 23.9 Å². The molecule has 0 radical (unpaired) electrons. The Morgan fingerprint density at radius 3 is 2.20 bits per heavy atom. The van der Waals surface area contributed by atoms with Crippen molar-refractivity contribution in [3.05, 3.63) is 23.5 Å². The fraction of sp³-hybridized carbons (Fsp3) is 0.500. The van der Waals surface area contributed by atoms with Crippen LogP contribution in [-0.4, -0.2) is 31.7 Å². The van der Waals surface area contributed by atoms with Gasteiger partial charge in [-0.1, -0.05) is 0 Å². The molecule has 4 nitrogen and oxygen atoms in total. The smallest absolute Gasteiger partial charge is 0.495 e. The molecule has 1 aromatic rings. The molecule has 0 unspecified atom stereocenters. The Labute approximate surface area is 118 Å². The van der Waals surface area contributed by atoms with E-state index in [9.17, 15) is 9.18 Å². The quantitative estimate of drug-likeness (QED) is 0.627. The molecule has 0 atom stereocenters. The van der Waals surface area contributed by atoms with Crippen molar-refractivity contribution in [3.8, 4) is 5.75 Å². The van der Waals surface area contributed by atoms with Crippen LogP contribution in [0.25, 0.3) is 0 Å². The summed E-state index contributed by atoms with van der Waals surface area (Å²) in [4.78, 5) is 10.9. The molecule has 0 N–H and O–H groups in total. The minimum atomic E-state index is -0.691. The van der Waals surface area contributed by atoms with Crippen molar-refractivity contribution in [3.63, 3.8) is 0 Å². The van der Waals surface area contributed by atoms with Crippen LogP contribution in [0.1, 0.15) is 38.1 Å². The fourth-order valence-electron chi connectivity index (χ4n) is 2.01. The summed E-state index contributed by atoms with van der Waals surface area (Å²) in [6, 6.07) is 2.81. The maximum absolute atomic E-state index is 13.9. The third-order valence-electron chi connectivity index (χ3n) is 3.98. The van der Waals surface area contributed by atoms with Gasteiger partial charge in [0, 0.05) is 0 Å². The van der Waals surface area contributed by atoms with Crippen LogP contribution in [-0.2, 0) is 9.31 Å². The zero-order chi connectivity index (χ0) is 15.1. The molecule has 20 heavy (non-hydrogen) atoms. The number of hydrogen-bond acceptors (Lipinski definition) is 4. The third-order valence-corrected chi connectivity index (χ3v) is 3.98. The predicted molar refractivity (Wildman–Crippen MR) is 74.1 cm³/mol. The Kier molecular flexibility index (Phi) is 3.65. The molecule has 1 aliphatic rings. The lowest BCUT2D eigenvalue weighted by Crippen LogP contribution is -2.41. The SMILES string of the molecule is COc1cc(B2OC(C)(C)C(C)(C)O2)cc(F)c1C=O. The molecule has 1 heterocycles. The van der Waals surface area contributed by atoms with Gasteiger partial charge in [-0.3, -0.25) is 4.79 Å². The van der Waals surface area contributed by atoms with Gasteiger partial charge in [-0.15, -0.1) is 0 Å². The highest BCUT2D eigenvalue weighted by Crippen LogP contribution is 2.36. The number of rotatable bonds is 3. The van der Waals surface area contributed by atoms with E-state index in [0.29, 0.717) is 11.7 Å². The van der Waals surface area contributed by atoms with Crippen molar-refractivity contribution in [1.82, 2.24) is 0 Å². The summed E-state index contributed by atoms with van der Waals surface area (Å²) in [5.41, 5.74) is -0.633. The van der Waals surface area contributed by atoms with Gasteiger partial charge in [-0.25, -0.2) is 4.39 Å². The van der Waals surface area contributed by atoms with Crippen LogP contribution in [0.5, 0.6) is 5.75 Å². The lowest BCUT2D eigenvalue weighted by atomic mass is 9.78. The van der Waals surface area contributed by atoms with Gasteiger partial charge in [-0.2, -0.15) is 0 Å². The summed E-state index contributed by atoms with van der Waals surface area (Å²) in [5.74, 6) is -0.478. The van der Waals surface area contributed by atoms with Gasteiger partial charge in [0.15, 0.2) is 6.29 Å². The Balaban J connectivity index is 2.41. The number of halogens is 1. The van der Waals surface area contributed by atoms with E-state index in [1.165, 1.54) is 13.2 Å². The molecule has 2 rings (SSSR count). The van der Waals surface area contributed by atoms with Crippen molar-refractivity contribution < 1.29 is 23.2 Å². The average molecular weight is 280 g/mol. The van der Waals surface area contributed by atoms with Gasteiger partial charge in [0.2, 0.25) is 0 Å². The normalized spacial score (nSPS) is 20.0. The molecule has 0 amide bonds. The fourth-order valence-corrected chi connectivity index (χ4v) is 2.01. The van der Waals surface area contributed by atoms with E-state index in [4.69, 9.17) is 14.0 Å². The van der Waals surface area contributed by atoms with E-state index in [0.717, 1.165) is 0 Å². The van der Waals surface area contributed by atoms with E-state index >= 15 is 0 Å². The summed E-state index contributed by atoms with van der Waals surface area (Å²) in [7, 11) is 0.694. The zero-order valence-electron chi connectivity index (χ0n) is 12.3. The number of hydrogen-bond donors (Lipinski definition) is 0. The summed E-state index contributed by atoms with van der Waals surface area (Å²) in [6.45, 7) is 7.67. The third kappa shape index (κ3) is 2.34. The molecule has 0 saturated carbocycles. The van der Waals surface area contributed by atoms with Gasteiger partial charge >= 0.3 is 7.12 Å². The second-order valence-corrected chi connectivity index (χ2v) is 5.82. The van der Waals surface area contributed by atoms with E-state index < -0.39 is 24.1 Å². The summed E-state index contributed by atoms with van der Waals surface area (Å²) < 4.78 is 30.6. The lowest BCUT2D eigenvalue weighted by molar-refractivity contribution is 0.00578. The molecule has 0 aromatic heterocycles. The van der Waals surface area contributed by atoms with Crippen molar-refractivity contribution in [1.29, 1.82) is 0 Å². The topological polar surface area (TPSA) is 44.8 Å². The maximum atomic E-state index is 13.9. The van der Waals surface area contributed by atoms with E-state index in [1.807, 2.05) is 27.7 Å². The van der Waals surface area contributed by atoms with Gasteiger partial charge in [0.25, 0.3) is 0 Å². The Hall–Kier alpha value is -1.40. The van der Waals surface area contributed by atoms with Crippen LogP contribution in [0.3, 0.4) is 0 Å². The number of carbonyl (C=O) groups excluding carboxylic acids is 1. The highest BCUT2D eigenvalue weighted by Gasteiger charge is 2.51. The van der Waals surface area contributed by atoms with Crippen LogP contribution in [0.2, 0.25) is 0 Å². The van der Waals surface area contributed by atoms with Gasteiger partial charge < -0.3 is 14.0 Å². The average Bonchev–Trinajstić information content (AvgIpc) is 2.57. The molecular formula is C14H18BFO4. The number of aldehydes is 1. The first-order chi connectivity index (χ1) is 9.21. The summed E-state index contributed by atoms with van der Waals surface area (Å²) in [6.07, 6.45) is 0.433. The largest absolute Gasteiger partial charge is 0.496 e. The maximum Gasteiger partial charge on any atom is 0.495 e. The van der Waals surface area contributed by atoms with Crippen LogP contribution in [0, 0.1) is 5.82 Å². The van der Waals surface area contributed by atoms with Crippen molar-refractivity contribution in [2.24, 2.45) is 0 Å². The molecule has 6 heteroatoms. The van der Waals surface area contributed by atoms with Crippen molar-refractivity contribution in [2.75, 3.05) is 7.11 Å². The first-order valence-corrected chi connectivity index (χ1v) is 6.40. The molecule has 0 spiro atoms. The van der Waals surface area contributed by atoms with E-state index in [1.54, 1.807) is 6.07 Å². The predicted octanol–water partition coefficient (Wildman–Crippen LogP) is 1.95. The Bertz CT molecular complexity index is 526. The number of benzene rings is 1.